The van der Waals surface area contributed by atoms with E-state index in [-0.39, 0.29) is 18.3 Å². The fourth-order valence-corrected chi connectivity index (χ4v) is 0. The molecule has 0 unspecified atom stereocenters. The van der Waals surface area contributed by atoms with Crippen molar-refractivity contribution in [1.82, 2.24) is 0 Å². The van der Waals surface area contributed by atoms with Gasteiger partial charge in [0.05, 0.1) is 0 Å². The summed E-state index contributed by atoms with van der Waals surface area (Å²) in [7, 11) is -4.61. The molecule has 0 heterocycles. The Labute approximate surface area is 47.5 Å². The molecule has 0 spiro atoms. The third-order valence-electron chi connectivity index (χ3n) is 0. The number of rotatable bonds is 0. The monoisotopic (exact) mass is 138 g/mol. The van der Waals surface area contributed by atoms with Crippen LogP contribution in [0, 0.1) is 0 Å². The summed E-state index contributed by atoms with van der Waals surface area (Å²) in [6.07, 6.45) is 0. The summed E-state index contributed by atoms with van der Waals surface area (Å²) in [6.45, 7) is 0. The molecule has 0 saturated carbocycles. The average molecular weight is 138 g/mol. The van der Waals surface area contributed by atoms with Crippen LogP contribution in [0.4, 0.5) is 0 Å². The van der Waals surface area contributed by atoms with Crippen LogP contribution in [0.3, 0.4) is 0 Å². The van der Waals surface area contributed by atoms with Crippen LogP contribution in [0.15, 0.2) is 0 Å². The molecule has 0 rings (SSSR count). The molecule has 7 heavy (non-hydrogen) atoms. The molecule has 0 fully saturated rings. The molecule has 0 aromatic rings. The van der Waals surface area contributed by atoms with Crippen LogP contribution in [-0.4, -0.2) is 36.6 Å². The van der Waals surface area contributed by atoms with Gasteiger partial charge in [0.2, 0.25) is 0 Å². The number of hydrogen-bond donors (Lipinski definition) is 4. The molecule has 2 radical (unpaired) electrons. The number of hydrogen-bond acceptors (Lipinski definition) is 4. The molecule has 0 saturated heterocycles. The van der Waals surface area contributed by atoms with E-state index in [4.69, 9.17) is 19.2 Å². The van der Waals surface area contributed by atoms with Crippen molar-refractivity contribution in [1.29, 1.82) is 0 Å². The van der Waals surface area contributed by atoms with E-state index in [1.165, 1.54) is 0 Å². The third-order valence-corrected chi connectivity index (χ3v) is 0. The van der Waals surface area contributed by atoms with Crippen LogP contribution in [0.5, 0.6) is 0 Å². The third kappa shape index (κ3) is 446. The second kappa shape index (κ2) is 4.70. The van der Waals surface area contributed by atoms with Gasteiger partial charge in [0.25, 0.3) is 0 Å². The molecule has 0 aliphatic heterocycles. The van der Waals surface area contributed by atoms with Gasteiger partial charge in [-0.05, 0) is 0 Å². The second-order valence-corrected chi connectivity index (χ2v) is 1.80. The standard InChI is InChI=1S/B.H4O4Si.P/c;1-5(2,3)4;/h;1-4H;/q+3;;+3. The Bertz CT molecular complexity index is 27.2. The van der Waals surface area contributed by atoms with Crippen LogP contribution in [0.25, 0.3) is 0 Å². The first kappa shape index (κ1) is 15.6. The van der Waals surface area contributed by atoms with Crippen LogP contribution >= 0.6 is 9.90 Å². The zero-order valence-electron chi connectivity index (χ0n) is 3.31. The summed E-state index contributed by atoms with van der Waals surface area (Å²) >= 11 is 0. The van der Waals surface area contributed by atoms with Gasteiger partial charge in [0, 0.05) is 0 Å². The smallest absolute Gasteiger partial charge is 0.368 e. The molecule has 34 valence electrons. The Balaban J connectivity index is -0.0000000800. The fourth-order valence-electron chi connectivity index (χ4n) is 0. The van der Waals surface area contributed by atoms with Gasteiger partial charge in [0.1, 0.15) is 0 Å². The Kier molecular flexibility index (Phi) is 10.5. The van der Waals surface area contributed by atoms with Crippen molar-refractivity contribution in [3.8, 4) is 0 Å². The van der Waals surface area contributed by atoms with E-state index < -0.39 is 9.05 Å². The van der Waals surface area contributed by atoms with Crippen molar-refractivity contribution in [3.05, 3.63) is 0 Å². The van der Waals surface area contributed by atoms with Crippen LogP contribution in [-0.2, 0) is 0 Å². The molecule has 0 atom stereocenters. The van der Waals surface area contributed by atoms with Gasteiger partial charge in [-0.3, -0.25) is 0 Å². The second-order valence-electron chi connectivity index (χ2n) is 0.600. The predicted molar refractivity (Wildman–Crippen MR) is 27.3 cm³/mol. The van der Waals surface area contributed by atoms with Crippen molar-refractivity contribution < 1.29 is 19.2 Å². The minimum absolute atomic E-state index is 0. The van der Waals surface area contributed by atoms with Gasteiger partial charge in [0.15, 0.2) is 0 Å². The summed E-state index contributed by atoms with van der Waals surface area (Å²) in [5.41, 5.74) is 0. The van der Waals surface area contributed by atoms with Crippen molar-refractivity contribution in [2.24, 2.45) is 0 Å². The first-order valence-electron chi connectivity index (χ1n) is 0.894. The topological polar surface area (TPSA) is 80.9 Å². The first-order chi connectivity index (χ1) is 2.00. The molecular formula is H4BO4PSi+6. The van der Waals surface area contributed by atoms with Gasteiger partial charge in [-0.15, -0.1) is 0 Å². The van der Waals surface area contributed by atoms with E-state index in [0.717, 1.165) is 0 Å². The van der Waals surface area contributed by atoms with Gasteiger partial charge in [-0.1, -0.05) is 0 Å². The zero-order chi connectivity index (χ0) is 4.50. The molecular weight excluding hydrogens is 134 g/mol. The van der Waals surface area contributed by atoms with Gasteiger partial charge >= 0.3 is 27.4 Å². The summed E-state index contributed by atoms with van der Waals surface area (Å²) in [5, 5.41) is 0. The Morgan fingerprint density at radius 2 is 0.857 bits per heavy atom. The molecule has 0 bridgehead atoms. The maximum Gasteiger partial charge on any atom is 3.00 e. The van der Waals surface area contributed by atoms with E-state index in [2.05, 4.69) is 0 Å². The maximum absolute atomic E-state index is 7.33. The van der Waals surface area contributed by atoms with Gasteiger partial charge in [-0.2, -0.15) is 0 Å². The maximum atomic E-state index is 7.33. The minimum Gasteiger partial charge on any atom is -0.368 e. The normalized spacial score (nSPS) is 8.57. The Morgan fingerprint density at radius 3 is 0.857 bits per heavy atom. The first-order valence-corrected chi connectivity index (χ1v) is 2.68. The predicted octanol–water partition coefficient (Wildman–Crippen LogP) is -2.13. The Morgan fingerprint density at radius 1 is 0.857 bits per heavy atom. The van der Waals surface area contributed by atoms with Crippen molar-refractivity contribution in [2.45, 2.75) is 0 Å². The molecule has 0 aliphatic rings. The Hall–Kier alpha value is 0.552. The summed E-state index contributed by atoms with van der Waals surface area (Å²) in [4.78, 5) is 29.3. The molecule has 0 aromatic carbocycles. The summed E-state index contributed by atoms with van der Waals surface area (Å²) in [6, 6.07) is 0. The summed E-state index contributed by atoms with van der Waals surface area (Å²) in [5.74, 6) is 0. The van der Waals surface area contributed by atoms with Crippen molar-refractivity contribution in [2.75, 3.05) is 0 Å². The SMILES string of the molecule is O[Si](O)(O)O.[B+3].[P+3]. The molecule has 0 amide bonds. The van der Waals surface area contributed by atoms with Crippen molar-refractivity contribution >= 4 is 27.4 Å². The van der Waals surface area contributed by atoms with Crippen LogP contribution < -0.4 is 0 Å². The quantitative estimate of drug-likeness (QED) is 0.227. The van der Waals surface area contributed by atoms with E-state index in [1.807, 2.05) is 0 Å². The molecule has 4 N–H and O–H groups in total. The average Bonchev–Trinajstić information content (AvgIpc) is 0.722. The van der Waals surface area contributed by atoms with Crippen molar-refractivity contribution in [3.63, 3.8) is 0 Å². The van der Waals surface area contributed by atoms with Crippen LogP contribution in [0.2, 0.25) is 0 Å². The van der Waals surface area contributed by atoms with Crippen LogP contribution in [0.1, 0.15) is 0 Å². The molecule has 7 heteroatoms. The fraction of sp³-hybridized carbons (Fsp3) is 0. The van der Waals surface area contributed by atoms with Gasteiger partial charge in [-0.25, -0.2) is 0 Å². The molecule has 0 aromatic heterocycles. The zero-order valence-corrected chi connectivity index (χ0v) is 5.21. The summed E-state index contributed by atoms with van der Waals surface area (Å²) < 4.78 is 0. The van der Waals surface area contributed by atoms with E-state index in [9.17, 15) is 0 Å². The van der Waals surface area contributed by atoms with E-state index in [0.29, 0.717) is 0 Å². The van der Waals surface area contributed by atoms with Gasteiger partial charge < -0.3 is 19.2 Å². The van der Waals surface area contributed by atoms with E-state index in [1.54, 1.807) is 0 Å². The largest absolute Gasteiger partial charge is 3.00 e. The molecule has 4 nitrogen and oxygen atoms in total. The van der Waals surface area contributed by atoms with E-state index >= 15 is 0 Å². The minimum atomic E-state index is -4.61. The molecule has 0 aliphatic carbocycles.